The van der Waals surface area contributed by atoms with E-state index in [4.69, 9.17) is 0 Å². The predicted molar refractivity (Wildman–Crippen MR) is 120 cm³/mol. The van der Waals surface area contributed by atoms with Crippen molar-refractivity contribution in [2.75, 3.05) is 6.54 Å². The number of amides is 1. The Morgan fingerprint density at radius 1 is 0.967 bits per heavy atom. The third kappa shape index (κ3) is 4.67. The zero-order valence-corrected chi connectivity index (χ0v) is 18.0. The molecule has 0 bridgehead atoms. The van der Waals surface area contributed by atoms with E-state index in [-0.39, 0.29) is 34.9 Å². The molecular weight excluding hydrogens is 374 g/mol. The minimum absolute atomic E-state index is 0.0492. The number of rotatable bonds is 7. The van der Waals surface area contributed by atoms with Gasteiger partial charge in [-0.15, -0.1) is 0 Å². The molecule has 1 atom stereocenters. The highest BCUT2D eigenvalue weighted by molar-refractivity contribution is 5.92. The number of nitrogens with zero attached hydrogens (tertiary/aromatic N) is 2. The second-order valence-electron chi connectivity index (χ2n) is 8.07. The van der Waals surface area contributed by atoms with Crippen LogP contribution >= 0.6 is 0 Å². The van der Waals surface area contributed by atoms with Crippen LogP contribution in [0.4, 0.5) is 0 Å². The lowest BCUT2D eigenvalue weighted by molar-refractivity contribution is 0.0662. The number of H-pyrrole nitrogens is 1. The van der Waals surface area contributed by atoms with Crippen LogP contribution in [0.1, 0.15) is 53.9 Å². The number of hydrogen-bond donors (Lipinski definition) is 1. The largest absolute Gasteiger partial charge is 0.334 e. The van der Waals surface area contributed by atoms with Crippen molar-refractivity contribution in [1.82, 2.24) is 15.1 Å². The van der Waals surface area contributed by atoms with Gasteiger partial charge in [-0.1, -0.05) is 67.6 Å². The molecule has 1 heterocycles. The number of aryl methyl sites for hydroxylation is 1. The van der Waals surface area contributed by atoms with Crippen molar-refractivity contribution in [2.24, 2.45) is 5.92 Å². The third-order valence-corrected chi connectivity index (χ3v) is 5.49. The zero-order valence-electron chi connectivity index (χ0n) is 18.0. The van der Waals surface area contributed by atoms with Gasteiger partial charge in [0.15, 0.2) is 5.69 Å². The van der Waals surface area contributed by atoms with Crippen molar-refractivity contribution in [3.05, 3.63) is 99.5 Å². The van der Waals surface area contributed by atoms with Gasteiger partial charge in [0.25, 0.3) is 5.91 Å². The summed E-state index contributed by atoms with van der Waals surface area (Å²) in [5.74, 6) is -0.0723. The number of aromatic nitrogens is 2. The molecule has 0 saturated heterocycles. The Morgan fingerprint density at radius 2 is 1.50 bits per heavy atom. The summed E-state index contributed by atoms with van der Waals surface area (Å²) in [5.41, 5.74) is 2.53. The highest BCUT2D eigenvalue weighted by atomic mass is 16.2. The van der Waals surface area contributed by atoms with Crippen molar-refractivity contribution < 1.29 is 4.79 Å². The number of carbonyl (C=O) groups is 1. The van der Waals surface area contributed by atoms with E-state index >= 15 is 0 Å². The molecule has 1 amide bonds. The standard InChI is InChI=1S/C25H29N3O2/c1-17(2)28(25(30)23-24(29)18(3)15-26-27-23)16-19(4)22(20-11-7-5-8-12-20)21-13-9-6-10-14-21/h5-15,17,19,22H,16H2,1-4H3,(H,26,29)/t19-/m0/s1. The molecule has 0 saturated carbocycles. The second-order valence-corrected chi connectivity index (χ2v) is 8.07. The summed E-state index contributed by atoms with van der Waals surface area (Å²) in [5, 5.41) is 6.66. The van der Waals surface area contributed by atoms with Crippen LogP contribution in [-0.4, -0.2) is 33.6 Å². The van der Waals surface area contributed by atoms with E-state index in [2.05, 4.69) is 41.4 Å². The Morgan fingerprint density at radius 3 is 2.00 bits per heavy atom. The van der Waals surface area contributed by atoms with Gasteiger partial charge < -0.3 is 4.90 Å². The first-order valence-corrected chi connectivity index (χ1v) is 10.4. The summed E-state index contributed by atoms with van der Waals surface area (Å²) in [6, 6.07) is 20.6. The van der Waals surface area contributed by atoms with E-state index in [1.807, 2.05) is 50.2 Å². The summed E-state index contributed by atoms with van der Waals surface area (Å²) in [6.07, 6.45) is 1.52. The van der Waals surface area contributed by atoms with Gasteiger partial charge in [0, 0.05) is 30.3 Å². The fourth-order valence-corrected chi connectivity index (χ4v) is 3.89. The van der Waals surface area contributed by atoms with E-state index < -0.39 is 0 Å². The van der Waals surface area contributed by atoms with Gasteiger partial charge in [-0.2, -0.15) is 5.10 Å². The topological polar surface area (TPSA) is 66.1 Å². The van der Waals surface area contributed by atoms with Gasteiger partial charge in [-0.3, -0.25) is 14.7 Å². The molecule has 0 radical (unpaired) electrons. The Kier molecular flexibility index (Phi) is 6.83. The van der Waals surface area contributed by atoms with Gasteiger partial charge in [0.2, 0.25) is 5.43 Å². The molecule has 5 nitrogen and oxygen atoms in total. The highest BCUT2D eigenvalue weighted by Gasteiger charge is 2.29. The fourth-order valence-electron chi connectivity index (χ4n) is 3.89. The molecule has 0 unspecified atom stereocenters. The lowest BCUT2D eigenvalue weighted by Gasteiger charge is -2.33. The number of benzene rings is 2. The Bertz CT molecular complexity index is 990. The average Bonchev–Trinajstić information content (AvgIpc) is 2.75. The maximum atomic E-state index is 13.2. The van der Waals surface area contributed by atoms with Crippen LogP contribution in [0.3, 0.4) is 0 Å². The molecule has 0 aliphatic carbocycles. The highest BCUT2D eigenvalue weighted by Crippen LogP contribution is 2.33. The van der Waals surface area contributed by atoms with E-state index in [9.17, 15) is 9.59 Å². The van der Waals surface area contributed by atoms with E-state index in [0.717, 1.165) is 0 Å². The molecule has 0 fully saturated rings. The smallest absolute Gasteiger partial charge is 0.278 e. The van der Waals surface area contributed by atoms with Crippen LogP contribution in [-0.2, 0) is 0 Å². The quantitative estimate of drug-likeness (QED) is 0.636. The molecule has 0 aliphatic heterocycles. The summed E-state index contributed by atoms with van der Waals surface area (Å²) >= 11 is 0. The summed E-state index contributed by atoms with van der Waals surface area (Å²) < 4.78 is 0. The van der Waals surface area contributed by atoms with Crippen LogP contribution in [0, 0.1) is 12.8 Å². The van der Waals surface area contributed by atoms with Crippen molar-refractivity contribution in [3.8, 4) is 0 Å². The normalized spacial score (nSPS) is 12.2. The lowest BCUT2D eigenvalue weighted by Crippen LogP contribution is -2.43. The van der Waals surface area contributed by atoms with Crippen LogP contribution in [0.2, 0.25) is 0 Å². The second kappa shape index (κ2) is 9.53. The van der Waals surface area contributed by atoms with Gasteiger partial charge in [-0.05, 0) is 37.8 Å². The molecule has 3 aromatic rings. The SMILES string of the molecule is Cc1c[nH]nc(C(=O)N(C[C@H](C)C(c2ccccc2)c2ccccc2)C(C)C)c1=O. The molecule has 156 valence electrons. The first-order chi connectivity index (χ1) is 14.4. The minimum atomic E-state index is -0.332. The summed E-state index contributed by atoms with van der Waals surface area (Å²) in [6.45, 7) is 8.28. The molecule has 5 heteroatoms. The Labute approximate surface area is 177 Å². The van der Waals surface area contributed by atoms with E-state index in [1.165, 1.54) is 17.3 Å². The van der Waals surface area contributed by atoms with E-state index in [1.54, 1.807) is 11.8 Å². The average molecular weight is 404 g/mol. The third-order valence-electron chi connectivity index (χ3n) is 5.49. The van der Waals surface area contributed by atoms with Gasteiger partial charge in [0.05, 0.1) is 0 Å². The molecule has 30 heavy (non-hydrogen) atoms. The number of nitrogens with one attached hydrogen (secondary N) is 1. The maximum absolute atomic E-state index is 13.2. The molecular formula is C25H29N3O2. The number of hydrogen-bond acceptors (Lipinski definition) is 3. The Hall–Kier alpha value is -3.21. The monoisotopic (exact) mass is 403 g/mol. The molecule has 1 aromatic heterocycles. The van der Waals surface area contributed by atoms with Crippen LogP contribution in [0.25, 0.3) is 0 Å². The van der Waals surface area contributed by atoms with Crippen molar-refractivity contribution in [3.63, 3.8) is 0 Å². The van der Waals surface area contributed by atoms with E-state index in [0.29, 0.717) is 12.1 Å². The van der Waals surface area contributed by atoms with Crippen molar-refractivity contribution in [1.29, 1.82) is 0 Å². The lowest BCUT2D eigenvalue weighted by atomic mass is 9.81. The molecule has 3 rings (SSSR count). The van der Waals surface area contributed by atoms with Crippen LogP contribution < -0.4 is 5.43 Å². The maximum Gasteiger partial charge on any atom is 0.278 e. The van der Waals surface area contributed by atoms with Gasteiger partial charge in [-0.25, -0.2) is 0 Å². The summed E-state index contributed by atoms with van der Waals surface area (Å²) in [7, 11) is 0. The number of aromatic amines is 1. The zero-order chi connectivity index (χ0) is 21.7. The fraction of sp³-hybridized carbons (Fsp3) is 0.320. The van der Waals surface area contributed by atoms with Crippen LogP contribution in [0.5, 0.6) is 0 Å². The molecule has 1 N–H and O–H groups in total. The Balaban J connectivity index is 1.94. The van der Waals surface area contributed by atoms with Crippen molar-refractivity contribution in [2.45, 2.75) is 39.7 Å². The van der Waals surface area contributed by atoms with Crippen molar-refractivity contribution >= 4 is 5.91 Å². The van der Waals surface area contributed by atoms with Crippen LogP contribution in [0.15, 0.2) is 71.7 Å². The number of carbonyl (C=O) groups excluding carboxylic acids is 1. The predicted octanol–water partition coefficient (Wildman–Crippen LogP) is 4.40. The first kappa shape index (κ1) is 21.5. The molecule has 0 spiro atoms. The molecule has 0 aliphatic rings. The summed E-state index contributed by atoms with van der Waals surface area (Å²) in [4.78, 5) is 27.5. The van der Waals surface area contributed by atoms with Gasteiger partial charge >= 0.3 is 0 Å². The minimum Gasteiger partial charge on any atom is -0.334 e. The molecule has 2 aromatic carbocycles. The van der Waals surface area contributed by atoms with Gasteiger partial charge in [0.1, 0.15) is 0 Å². The first-order valence-electron chi connectivity index (χ1n) is 10.4.